The zero-order chi connectivity index (χ0) is 14.8. The van der Waals surface area contributed by atoms with Gasteiger partial charge in [0.1, 0.15) is 5.75 Å². The largest absolute Gasteiger partial charge is 0.497 e. The standard InChI is InChI=1S/C18H14O3/c1-21-15-9-7-13(8-10-15)16-4-2-3-12-5-6-14(18(19)20)11-17(12)16/h2-11H,1H3,(H,19,20). The highest BCUT2D eigenvalue weighted by atomic mass is 16.5. The quantitative estimate of drug-likeness (QED) is 0.780. The van der Waals surface area contributed by atoms with Gasteiger partial charge in [-0.25, -0.2) is 4.79 Å². The van der Waals surface area contributed by atoms with E-state index in [9.17, 15) is 4.79 Å². The second-order valence-corrected chi connectivity index (χ2v) is 4.78. The Morgan fingerprint density at radius 1 is 1.00 bits per heavy atom. The lowest BCUT2D eigenvalue weighted by atomic mass is 9.97. The van der Waals surface area contributed by atoms with E-state index in [0.29, 0.717) is 5.56 Å². The number of methoxy groups -OCH3 is 1. The Labute approximate surface area is 122 Å². The average molecular weight is 278 g/mol. The summed E-state index contributed by atoms with van der Waals surface area (Å²) in [5.41, 5.74) is 2.34. The molecule has 0 spiro atoms. The minimum atomic E-state index is -0.915. The van der Waals surface area contributed by atoms with Gasteiger partial charge in [-0.2, -0.15) is 0 Å². The molecular formula is C18H14O3. The van der Waals surface area contributed by atoms with Crippen LogP contribution in [0, 0.1) is 0 Å². The van der Waals surface area contributed by atoms with Crippen LogP contribution in [0.15, 0.2) is 60.7 Å². The van der Waals surface area contributed by atoms with Crippen molar-refractivity contribution >= 4 is 16.7 Å². The maximum Gasteiger partial charge on any atom is 0.335 e. The van der Waals surface area contributed by atoms with Crippen LogP contribution in [-0.2, 0) is 0 Å². The van der Waals surface area contributed by atoms with Gasteiger partial charge in [0.15, 0.2) is 0 Å². The minimum absolute atomic E-state index is 0.295. The molecule has 104 valence electrons. The van der Waals surface area contributed by atoms with E-state index >= 15 is 0 Å². The van der Waals surface area contributed by atoms with Gasteiger partial charge in [0, 0.05) is 0 Å². The van der Waals surface area contributed by atoms with Crippen LogP contribution >= 0.6 is 0 Å². The molecule has 3 aromatic carbocycles. The molecule has 0 saturated carbocycles. The third kappa shape index (κ3) is 2.46. The SMILES string of the molecule is COc1ccc(-c2cccc3ccc(C(=O)O)cc23)cc1. The summed E-state index contributed by atoms with van der Waals surface area (Å²) in [5.74, 6) is -0.119. The highest BCUT2D eigenvalue weighted by molar-refractivity contribution is 6.01. The zero-order valence-corrected chi connectivity index (χ0v) is 11.5. The number of ether oxygens (including phenoxy) is 1. The fourth-order valence-corrected chi connectivity index (χ4v) is 2.43. The molecule has 3 heteroatoms. The van der Waals surface area contributed by atoms with Crippen molar-refractivity contribution in [2.24, 2.45) is 0 Å². The van der Waals surface area contributed by atoms with Gasteiger partial charge in [-0.05, 0) is 46.2 Å². The van der Waals surface area contributed by atoms with E-state index in [1.165, 1.54) is 0 Å². The van der Waals surface area contributed by atoms with E-state index in [2.05, 4.69) is 0 Å². The second kappa shape index (κ2) is 5.29. The highest BCUT2D eigenvalue weighted by Crippen LogP contribution is 2.30. The third-order valence-electron chi connectivity index (χ3n) is 3.53. The number of fused-ring (bicyclic) bond motifs is 1. The molecule has 0 aromatic heterocycles. The number of rotatable bonds is 3. The van der Waals surface area contributed by atoms with Crippen molar-refractivity contribution in [1.29, 1.82) is 0 Å². The Balaban J connectivity index is 2.20. The Hall–Kier alpha value is -2.81. The van der Waals surface area contributed by atoms with E-state index in [-0.39, 0.29) is 0 Å². The summed E-state index contributed by atoms with van der Waals surface area (Å²) in [7, 11) is 1.63. The molecule has 0 radical (unpaired) electrons. The zero-order valence-electron chi connectivity index (χ0n) is 11.5. The van der Waals surface area contributed by atoms with Crippen LogP contribution < -0.4 is 4.74 Å². The smallest absolute Gasteiger partial charge is 0.335 e. The van der Waals surface area contributed by atoms with Gasteiger partial charge in [-0.15, -0.1) is 0 Å². The normalized spacial score (nSPS) is 10.5. The molecule has 3 aromatic rings. The molecule has 21 heavy (non-hydrogen) atoms. The molecule has 3 rings (SSSR count). The van der Waals surface area contributed by atoms with Gasteiger partial charge in [0.25, 0.3) is 0 Å². The molecule has 0 heterocycles. The Kier molecular flexibility index (Phi) is 3.32. The molecule has 3 nitrogen and oxygen atoms in total. The van der Waals surface area contributed by atoms with Crippen LogP contribution in [-0.4, -0.2) is 18.2 Å². The van der Waals surface area contributed by atoms with Crippen molar-refractivity contribution in [3.63, 3.8) is 0 Å². The van der Waals surface area contributed by atoms with Crippen LogP contribution in [0.5, 0.6) is 5.75 Å². The maximum absolute atomic E-state index is 11.2. The van der Waals surface area contributed by atoms with Crippen molar-refractivity contribution < 1.29 is 14.6 Å². The predicted octanol–water partition coefficient (Wildman–Crippen LogP) is 4.21. The molecule has 0 aliphatic heterocycles. The van der Waals surface area contributed by atoms with E-state index in [1.807, 2.05) is 48.5 Å². The minimum Gasteiger partial charge on any atom is -0.497 e. The molecule has 0 saturated heterocycles. The van der Waals surface area contributed by atoms with E-state index in [0.717, 1.165) is 27.6 Å². The maximum atomic E-state index is 11.2. The average Bonchev–Trinajstić information content (AvgIpc) is 2.54. The summed E-state index contributed by atoms with van der Waals surface area (Å²) in [6.07, 6.45) is 0. The molecule has 0 atom stereocenters. The van der Waals surface area contributed by atoms with Crippen molar-refractivity contribution in [2.45, 2.75) is 0 Å². The number of aromatic carboxylic acids is 1. The summed E-state index contributed by atoms with van der Waals surface area (Å²) in [6, 6.07) is 18.9. The fraction of sp³-hybridized carbons (Fsp3) is 0.0556. The summed E-state index contributed by atoms with van der Waals surface area (Å²) < 4.78 is 5.17. The van der Waals surface area contributed by atoms with Gasteiger partial charge < -0.3 is 9.84 Å². The summed E-state index contributed by atoms with van der Waals surface area (Å²) >= 11 is 0. The Morgan fingerprint density at radius 3 is 2.43 bits per heavy atom. The summed E-state index contributed by atoms with van der Waals surface area (Å²) in [5, 5.41) is 11.1. The molecule has 0 amide bonds. The van der Waals surface area contributed by atoms with Crippen LogP contribution in [0.4, 0.5) is 0 Å². The molecule has 0 bridgehead atoms. The lowest BCUT2D eigenvalue weighted by molar-refractivity contribution is 0.0697. The number of carboxylic acid groups (broad SMARTS) is 1. The number of benzene rings is 3. The number of hydrogen-bond acceptors (Lipinski definition) is 2. The topological polar surface area (TPSA) is 46.5 Å². The van der Waals surface area contributed by atoms with Crippen LogP contribution in [0.25, 0.3) is 21.9 Å². The lowest BCUT2D eigenvalue weighted by Gasteiger charge is -2.09. The first-order valence-electron chi connectivity index (χ1n) is 6.59. The van der Waals surface area contributed by atoms with Crippen molar-refractivity contribution in [2.75, 3.05) is 7.11 Å². The lowest BCUT2D eigenvalue weighted by Crippen LogP contribution is -1.95. The van der Waals surface area contributed by atoms with Gasteiger partial charge in [-0.3, -0.25) is 0 Å². The molecule has 0 aliphatic carbocycles. The van der Waals surface area contributed by atoms with Gasteiger partial charge in [0.2, 0.25) is 0 Å². The molecular weight excluding hydrogens is 264 g/mol. The fourth-order valence-electron chi connectivity index (χ4n) is 2.43. The van der Waals surface area contributed by atoms with Crippen LogP contribution in [0.1, 0.15) is 10.4 Å². The first-order chi connectivity index (χ1) is 10.2. The van der Waals surface area contributed by atoms with Gasteiger partial charge in [-0.1, -0.05) is 36.4 Å². The Morgan fingerprint density at radius 2 is 1.76 bits per heavy atom. The molecule has 0 fully saturated rings. The summed E-state index contributed by atoms with van der Waals surface area (Å²) in [6.45, 7) is 0. The molecule has 0 aliphatic rings. The number of carbonyl (C=O) groups is 1. The van der Waals surface area contributed by atoms with Crippen LogP contribution in [0.2, 0.25) is 0 Å². The van der Waals surface area contributed by atoms with Gasteiger partial charge >= 0.3 is 5.97 Å². The van der Waals surface area contributed by atoms with Crippen molar-refractivity contribution in [3.8, 4) is 16.9 Å². The van der Waals surface area contributed by atoms with E-state index < -0.39 is 5.97 Å². The first-order valence-corrected chi connectivity index (χ1v) is 6.59. The highest BCUT2D eigenvalue weighted by Gasteiger charge is 2.08. The van der Waals surface area contributed by atoms with E-state index in [1.54, 1.807) is 19.2 Å². The third-order valence-corrected chi connectivity index (χ3v) is 3.53. The number of hydrogen-bond donors (Lipinski definition) is 1. The monoisotopic (exact) mass is 278 g/mol. The first kappa shape index (κ1) is 13.2. The molecule has 0 unspecified atom stereocenters. The van der Waals surface area contributed by atoms with Crippen molar-refractivity contribution in [3.05, 3.63) is 66.2 Å². The van der Waals surface area contributed by atoms with Gasteiger partial charge in [0.05, 0.1) is 12.7 Å². The van der Waals surface area contributed by atoms with E-state index in [4.69, 9.17) is 9.84 Å². The summed E-state index contributed by atoms with van der Waals surface area (Å²) in [4.78, 5) is 11.2. The predicted molar refractivity (Wildman–Crippen MR) is 82.9 cm³/mol. The second-order valence-electron chi connectivity index (χ2n) is 4.78. The van der Waals surface area contributed by atoms with Crippen molar-refractivity contribution in [1.82, 2.24) is 0 Å². The Bertz CT molecular complexity index is 804. The molecule has 1 N–H and O–H groups in total. The van der Waals surface area contributed by atoms with Crippen LogP contribution in [0.3, 0.4) is 0 Å². The number of carboxylic acids is 1.